The Kier molecular flexibility index (Phi) is 6.14. The van der Waals surface area contributed by atoms with E-state index in [0.717, 1.165) is 31.2 Å². The van der Waals surface area contributed by atoms with Gasteiger partial charge in [0.2, 0.25) is 5.91 Å². The zero-order chi connectivity index (χ0) is 18.5. The van der Waals surface area contributed by atoms with Crippen LogP contribution in [-0.2, 0) is 16.1 Å². The van der Waals surface area contributed by atoms with Crippen LogP contribution in [0, 0.1) is 5.92 Å². The molecule has 1 aromatic rings. The standard InChI is InChI=1S/C20H29N3O3/c1-2-15-12-16(21)8-9-18(15)23-11-10-17(19(23)24)22-20(25)26-13-14-6-4-3-5-7-14/h3-7,15-18H,2,8-13,21H2,1H3,(H,22,25)/t15-,16-,17+,18+/m1/s1. The molecule has 4 atom stereocenters. The van der Waals surface area contributed by atoms with Gasteiger partial charge in [-0.2, -0.15) is 0 Å². The number of nitrogens with two attached hydrogens (primary N) is 1. The van der Waals surface area contributed by atoms with Gasteiger partial charge in [-0.25, -0.2) is 4.79 Å². The van der Waals surface area contributed by atoms with Crippen molar-refractivity contribution < 1.29 is 14.3 Å². The van der Waals surface area contributed by atoms with Gasteiger partial charge < -0.3 is 20.7 Å². The predicted octanol–water partition coefficient (Wildman–Crippen LogP) is 2.42. The second-order valence-corrected chi connectivity index (χ2v) is 7.39. The van der Waals surface area contributed by atoms with Gasteiger partial charge in [-0.05, 0) is 37.2 Å². The number of alkyl carbamates (subject to hydrolysis) is 1. The molecule has 1 aromatic carbocycles. The number of amides is 2. The molecule has 142 valence electrons. The molecule has 26 heavy (non-hydrogen) atoms. The third-order valence-electron chi connectivity index (χ3n) is 5.65. The van der Waals surface area contributed by atoms with Crippen molar-refractivity contribution in [3.8, 4) is 0 Å². The molecule has 6 heteroatoms. The molecule has 2 amide bonds. The molecule has 0 spiro atoms. The number of likely N-dealkylation sites (tertiary alicyclic amines) is 1. The van der Waals surface area contributed by atoms with Crippen molar-refractivity contribution in [1.82, 2.24) is 10.2 Å². The van der Waals surface area contributed by atoms with Crippen LogP contribution < -0.4 is 11.1 Å². The Morgan fingerprint density at radius 3 is 2.77 bits per heavy atom. The predicted molar refractivity (Wildman–Crippen MR) is 99.3 cm³/mol. The van der Waals surface area contributed by atoms with Crippen LogP contribution >= 0.6 is 0 Å². The van der Waals surface area contributed by atoms with Gasteiger partial charge in [0.15, 0.2) is 0 Å². The van der Waals surface area contributed by atoms with E-state index in [-0.39, 0.29) is 24.6 Å². The van der Waals surface area contributed by atoms with E-state index in [4.69, 9.17) is 10.5 Å². The molecular formula is C20H29N3O3. The monoisotopic (exact) mass is 359 g/mol. The van der Waals surface area contributed by atoms with E-state index in [1.807, 2.05) is 35.2 Å². The molecule has 2 aliphatic rings. The molecule has 1 aliphatic carbocycles. The Bertz CT molecular complexity index is 622. The molecule has 0 radical (unpaired) electrons. The Morgan fingerprint density at radius 1 is 1.27 bits per heavy atom. The van der Waals surface area contributed by atoms with Crippen LogP contribution in [0.1, 0.15) is 44.6 Å². The van der Waals surface area contributed by atoms with E-state index in [0.29, 0.717) is 18.9 Å². The number of carbonyl (C=O) groups excluding carboxylic acids is 2. The number of nitrogens with one attached hydrogen (secondary N) is 1. The second kappa shape index (κ2) is 8.54. The lowest BCUT2D eigenvalue weighted by atomic mass is 9.79. The van der Waals surface area contributed by atoms with Gasteiger partial charge in [0, 0.05) is 18.6 Å². The van der Waals surface area contributed by atoms with Crippen molar-refractivity contribution in [2.75, 3.05) is 6.54 Å². The lowest BCUT2D eigenvalue weighted by molar-refractivity contribution is -0.133. The topological polar surface area (TPSA) is 84.7 Å². The van der Waals surface area contributed by atoms with Crippen LogP contribution in [-0.4, -0.2) is 41.6 Å². The van der Waals surface area contributed by atoms with Crippen LogP contribution in [0.5, 0.6) is 0 Å². The van der Waals surface area contributed by atoms with Crippen molar-refractivity contribution >= 4 is 12.0 Å². The zero-order valence-corrected chi connectivity index (χ0v) is 15.4. The molecule has 1 aliphatic heterocycles. The second-order valence-electron chi connectivity index (χ2n) is 7.39. The SMILES string of the molecule is CC[C@@H]1C[C@H](N)CC[C@@H]1N1CC[C@H](NC(=O)OCc2ccccc2)C1=O. The number of hydrogen-bond acceptors (Lipinski definition) is 4. The average Bonchev–Trinajstić information content (AvgIpc) is 3.01. The van der Waals surface area contributed by atoms with Crippen LogP contribution in [0.15, 0.2) is 30.3 Å². The summed E-state index contributed by atoms with van der Waals surface area (Å²) in [5.41, 5.74) is 7.02. The van der Waals surface area contributed by atoms with Gasteiger partial charge in [0.1, 0.15) is 12.6 Å². The van der Waals surface area contributed by atoms with Gasteiger partial charge >= 0.3 is 6.09 Å². The van der Waals surface area contributed by atoms with Crippen LogP contribution in [0.25, 0.3) is 0 Å². The normalized spacial score (nSPS) is 28.8. The minimum atomic E-state index is -0.535. The summed E-state index contributed by atoms with van der Waals surface area (Å²) in [6.07, 6.45) is 4.02. The molecule has 2 fully saturated rings. The first-order valence-corrected chi connectivity index (χ1v) is 9.61. The minimum Gasteiger partial charge on any atom is -0.445 e. The first kappa shape index (κ1) is 18.7. The Labute approximate surface area is 155 Å². The van der Waals surface area contributed by atoms with E-state index in [2.05, 4.69) is 12.2 Å². The van der Waals surface area contributed by atoms with Crippen molar-refractivity contribution in [1.29, 1.82) is 0 Å². The Hall–Kier alpha value is -2.08. The summed E-state index contributed by atoms with van der Waals surface area (Å²) in [6, 6.07) is 9.52. The maximum absolute atomic E-state index is 12.8. The molecule has 1 saturated heterocycles. The minimum absolute atomic E-state index is 0.0144. The van der Waals surface area contributed by atoms with Crippen LogP contribution in [0.4, 0.5) is 4.79 Å². The highest BCUT2D eigenvalue weighted by molar-refractivity contribution is 5.87. The van der Waals surface area contributed by atoms with Gasteiger partial charge in [0.25, 0.3) is 0 Å². The van der Waals surface area contributed by atoms with E-state index in [1.54, 1.807) is 0 Å². The van der Waals surface area contributed by atoms with Crippen LogP contribution in [0.2, 0.25) is 0 Å². The lowest BCUT2D eigenvalue weighted by Gasteiger charge is -2.40. The summed E-state index contributed by atoms with van der Waals surface area (Å²) < 4.78 is 5.24. The zero-order valence-electron chi connectivity index (χ0n) is 15.4. The molecule has 6 nitrogen and oxygen atoms in total. The van der Waals surface area contributed by atoms with Gasteiger partial charge in [-0.15, -0.1) is 0 Å². The molecule has 1 heterocycles. The van der Waals surface area contributed by atoms with Crippen molar-refractivity contribution in [3.63, 3.8) is 0 Å². The number of rotatable bonds is 5. The number of benzene rings is 1. The fourth-order valence-corrected chi connectivity index (χ4v) is 4.21. The Balaban J connectivity index is 1.51. The maximum Gasteiger partial charge on any atom is 0.408 e. The molecule has 3 rings (SSSR count). The van der Waals surface area contributed by atoms with E-state index in [9.17, 15) is 9.59 Å². The maximum atomic E-state index is 12.8. The van der Waals surface area contributed by atoms with E-state index >= 15 is 0 Å². The summed E-state index contributed by atoms with van der Waals surface area (Å²) in [4.78, 5) is 26.8. The first-order valence-electron chi connectivity index (χ1n) is 9.61. The molecule has 0 bridgehead atoms. The lowest BCUT2D eigenvalue weighted by Crippen LogP contribution is -2.50. The highest BCUT2D eigenvalue weighted by Crippen LogP contribution is 2.32. The number of ether oxygens (including phenoxy) is 1. The molecule has 0 unspecified atom stereocenters. The number of carbonyl (C=O) groups is 2. The number of hydrogen-bond donors (Lipinski definition) is 2. The Morgan fingerprint density at radius 2 is 2.04 bits per heavy atom. The highest BCUT2D eigenvalue weighted by Gasteiger charge is 2.41. The summed E-state index contributed by atoms with van der Waals surface area (Å²) in [7, 11) is 0. The van der Waals surface area contributed by atoms with Crippen molar-refractivity contribution in [3.05, 3.63) is 35.9 Å². The molecular weight excluding hydrogens is 330 g/mol. The van der Waals surface area contributed by atoms with Crippen LogP contribution in [0.3, 0.4) is 0 Å². The fourth-order valence-electron chi connectivity index (χ4n) is 4.21. The van der Waals surface area contributed by atoms with Crippen molar-refractivity contribution in [2.45, 2.75) is 63.8 Å². The summed E-state index contributed by atoms with van der Waals surface area (Å²) >= 11 is 0. The molecule has 1 saturated carbocycles. The van der Waals surface area contributed by atoms with Gasteiger partial charge in [-0.3, -0.25) is 4.79 Å². The highest BCUT2D eigenvalue weighted by atomic mass is 16.5. The summed E-state index contributed by atoms with van der Waals surface area (Å²) in [5, 5.41) is 2.73. The third-order valence-corrected chi connectivity index (χ3v) is 5.65. The smallest absolute Gasteiger partial charge is 0.408 e. The fraction of sp³-hybridized carbons (Fsp3) is 0.600. The summed E-state index contributed by atoms with van der Waals surface area (Å²) in [6.45, 7) is 3.06. The van der Waals surface area contributed by atoms with E-state index < -0.39 is 12.1 Å². The summed E-state index contributed by atoms with van der Waals surface area (Å²) in [5.74, 6) is 0.465. The number of nitrogens with zero attached hydrogens (tertiary/aromatic N) is 1. The third kappa shape index (κ3) is 4.36. The van der Waals surface area contributed by atoms with Crippen molar-refractivity contribution in [2.24, 2.45) is 11.7 Å². The molecule has 0 aromatic heterocycles. The van der Waals surface area contributed by atoms with Gasteiger partial charge in [0.05, 0.1) is 0 Å². The molecule has 3 N–H and O–H groups in total. The van der Waals surface area contributed by atoms with Gasteiger partial charge in [-0.1, -0.05) is 43.7 Å². The largest absolute Gasteiger partial charge is 0.445 e. The average molecular weight is 359 g/mol. The van der Waals surface area contributed by atoms with E-state index in [1.165, 1.54) is 0 Å². The first-order chi connectivity index (χ1) is 12.6. The quantitative estimate of drug-likeness (QED) is 0.845.